The summed E-state index contributed by atoms with van der Waals surface area (Å²) in [5.41, 5.74) is -0.435. The molecule has 0 heterocycles. The van der Waals surface area contributed by atoms with Crippen molar-refractivity contribution in [3.8, 4) is 5.75 Å². The van der Waals surface area contributed by atoms with E-state index in [0.29, 0.717) is 0 Å². The second-order valence-corrected chi connectivity index (χ2v) is 2.96. The Hall–Kier alpha value is -1.54. The van der Waals surface area contributed by atoms with Crippen molar-refractivity contribution in [1.29, 1.82) is 0 Å². The molecule has 0 radical (unpaired) electrons. The Kier molecular flexibility index (Phi) is 3.10. The van der Waals surface area contributed by atoms with Crippen LogP contribution in [0.3, 0.4) is 0 Å². The first-order chi connectivity index (χ1) is 6.66. The van der Waals surface area contributed by atoms with E-state index in [1.807, 2.05) is 0 Å². The van der Waals surface area contributed by atoms with Gasteiger partial charge in [0.15, 0.2) is 0 Å². The van der Waals surface area contributed by atoms with Gasteiger partial charge >= 0.3 is 0 Å². The fraction of sp³-hybridized carbons (Fsp3) is 0.167. The Morgan fingerprint density at radius 2 is 1.71 bits per heavy atom. The van der Waals surface area contributed by atoms with Crippen molar-refractivity contribution in [3.63, 3.8) is 0 Å². The molecule has 0 saturated heterocycles. The molecular formula is C12H14O2. The van der Waals surface area contributed by atoms with Crippen LogP contribution in [0.25, 0.3) is 0 Å². The van der Waals surface area contributed by atoms with Crippen LogP contribution in [-0.2, 0) is 5.60 Å². The van der Waals surface area contributed by atoms with Crippen LogP contribution in [0.1, 0.15) is 5.56 Å². The topological polar surface area (TPSA) is 29.5 Å². The fourth-order valence-corrected chi connectivity index (χ4v) is 1.18. The van der Waals surface area contributed by atoms with Gasteiger partial charge in [-0.3, -0.25) is 0 Å². The lowest BCUT2D eigenvalue weighted by molar-refractivity contribution is 0.144. The molecule has 0 amide bonds. The van der Waals surface area contributed by atoms with Gasteiger partial charge in [0.2, 0.25) is 0 Å². The van der Waals surface area contributed by atoms with E-state index in [2.05, 4.69) is 13.2 Å². The number of benzene rings is 1. The molecule has 0 saturated carbocycles. The molecule has 1 N–H and O–H groups in total. The summed E-state index contributed by atoms with van der Waals surface area (Å²) in [6.45, 7) is 7.14. The predicted octanol–water partition coefficient (Wildman–Crippen LogP) is 2.25. The highest BCUT2D eigenvalue weighted by Crippen LogP contribution is 2.25. The van der Waals surface area contributed by atoms with Crippen molar-refractivity contribution in [2.45, 2.75) is 5.60 Å². The second kappa shape index (κ2) is 4.11. The van der Waals surface area contributed by atoms with E-state index in [4.69, 9.17) is 4.74 Å². The summed E-state index contributed by atoms with van der Waals surface area (Å²) in [4.78, 5) is 0. The van der Waals surface area contributed by atoms with Crippen LogP contribution in [0.4, 0.5) is 0 Å². The molecule has 0 aliphatic rings. The zero-order valence-electron chi connectivity index (χ0n) is 8.23. The molecule has 0 bridgehead atoms. The number of methoxy groups -OCH3 is 1. The van der Waals surface area contributed by atoms with E-state index < -0.39 is 5.60 Å². The molecule has 0 aliphatic heterocycles. The Labute approximate surface area is 84.1 Å². The maximum atomic E-state index is 9.99. The molecule has 0 aromatic heterocycles. The van der Waals surface area contributed by atoms with Gasteiger partial charge in [-0.15, -0.1) is 0 Å². The van der Waals surface area contributed by atoms with Crippen molar-refractivity contribution in [2.24, 2.45) is 0 Å². The smallest absolute Gasteiger partial charge is 0.126 e. The molecule has 74 valence electrons. The van der Waals surface area contributed by atoms with Crippen molar-refractivity contribution in [2.75, 3.05) is 7.11 Å². The first-order valence-electron chi connectivity index (χ1n) is 4.30. The summed E-state index contributed by atoms with van der Waals surface area (Å²) in [6, 6.07) is 7.13. The molecule has 0 spiro atoms. The van der Waals surface area contributed by atoms with Gasteiger partial charge in [-0.05, 0) is 17.7 Å². The quantitative estimate of drug-likeness (QED) is 0.738. The zero-order valence-corrected chi connectivity index (χ0v) is 8.23. The van der Waals surface area contributed by atoms with Crippen LogP contribution in [0.2, 0.25) is 0 Å². The minimum Gasteiger partial charge on any atom is -0.497 e. The van der Waals surface area contributed by atoms with Crippen LogP contribution in [0.5, 0.6) is 5.75 Å². The summed E-state index contributed by atoms with van der Waals surface area (Å²) in [5.74, 6) is 0.754. The van der Waals surface area contributed by atoms with Gasteiger partial charge in [0.25, 0.3) is 0 Å². The van der Waals surface area contributed by atoms with Crippen molar-refractivity contribution < 1.29 is 9.84 Å². The van der Waals surface area contributed by atoms with Gasteiger partial charge in [0, 0.05) is 0 Å². The lowest BCUT2D eigenvalue weighted by Crippen LogP contribution is -2.18. The second-order valence-electron chi connectivity index (χ2n) is 2.96. The number of aliphatic hydroxyl groups is 1. The third-order valence-corrected chi connectivity index (χ3v) is 2.17. The number of hydrogen-bond acceptors (Lipinski definition) is 2. The highest BCUT2D eigenvalue weighted by Gasteiger charge is 2.20. The molecule has 1 aromatic carbocycles. The molecule has 14 heavy (non-hydrogen) atoms. The molecule has 2 nitrogen and oxygen atoms in total. The van der Waals surface area contributed by atoms with E-state index in [-0.39, 0.29) is 0 Å². The molecule has 0 unspecified atom stereocenters. The molecule has 1 aromatic rings. The van der Waals surface area contributed by atoms with E-state index in [0.717, 1.165) is 11.3 Å². The summed E-state index contributed by atoms with van der Waals surface area (Å²) in [5, 5.41) is 9.99. The van der Waals surface area contributed by atoms with Crippen LogP contribution < -0.4 is 4.74 Å². The average Bonchev–Trinajstić information content (AvgIpc) is 2.28. The van der Waals surface area contributed by atoms with Crippen LogP contribution in [0, 0.1) is 0 Å². The molecule has 0 atom stereocenters. The SMILES string of the molecule is C=CC(O)(C=C)c1ccc(OC)cc1. The first kappa shape index (κ1) is 10.5. The van der Waals surface area contributed by atoms with E-state index in [1.165, 1.54) is 12.2 Å². The van der Waals surface area contributed by atoms with Gasteiger partial charge in [-0.1, -0.05) is 37.4 Å². The standard InChI is InChI=1S/C12H14O2/c1-4-12(13,5-2)10-6-8-11(14-3)9-7-10/h4-9,13H,1-2H2,3H3. The monoisotopic (exact) mass is 190 g/mol. The Bertz CT molecular complexity index is 317. The van der Waals surface area contributed by atoms with E-state index in [9.17, 15) is 5.11 Å². The number of ether oxygens (including phenoxy) is 1. The van der Waals surface area contributed by atoms with Crippen molar-refractivity contribution >= 4 is 0 Å². The maximum Gasteiger partial charge on any atom is 0.126 e. The lowest BCUT2D eigenvalue weighted by Gasteiger charge is -2.20. The van der Waals surface area contributed by atoms with Crippen molar-refractivity contribution in [1.82, 2.24) is 0 Å². The van der Waals surface area contributed by atoms with E-state index in [1.54, 1.807) is 31.4 Å². The minimum atomic E-state index is -1.16. The highest BCUT2D eigenvalue weighted by molar-refractivity contribution is 5.36. The maximum absolute atomic E-state index is 9.99. The lowest BCUT2D eigenvalue weighted by atomic mass is 9.94. The van der Waals surface area contributed by atoms with Gasteiger partial charge < -0.3 is 9.84 Å². The van der Waals surface area contributed by atoms with Gasteiger partial charge in [0.1, 0.15) is 11.4 Å². The van der Waals surface area contributed by atoms with Gasteiger partial charge in [0.05, 0.1) is 7.11 Å². The van der Waals surface area contributed by atoms with Gasteiger partial charge in [-0.25, -0.2) is 0 Å². The highest BCUT2D eigenvalue weighted by atomic mass is 16.5. The molecule has 1 rings (SSSR count). The summed E-state index contributed by atoms with van der Waals surface area (Å²) >= 11 is 0. The Morgan fingerprint density at radius 3 is 2.07 bits per heavy atom. The summed E-state index contributed by atoms with van der Waals surface area (Å²) < 4.78 is 5.02. The molecule has 0 fully saturated rings. The summed E-state index contributed by atoms with van der Waals surface area (Å²) in [6.07, 6.45) is 2.89. The number of hydrogen-bond donors (Lipinski definition) is 1. The average molecular weight is 190 g/mol. The molecular weight excluding hydrogens is 176 g/mol. The predicted molar refractivity (Wildman–Crippen MR) is 57.3 cm³/mol. The first-order valence-corrected chi connectivity index (χ1v) is 4.30. The van der Waals surface area contributed by atoms with Crippen LogP contribution in [-0.4, -0.2) is 12.2 Å². The molecule has 0 aliphatic carbocycles. The largest absolute Gasteiger partial charge is 0.497 e. The third-order valence-electron chi connectivity index (χ3n) is 2.17. The van der Waals surface area contributed by atoms with Gasteiger partial charge in [-0.2, -0.15) is 0 Å². The Morgan fingerprint density at radius 1 is 1.21 bits per heavy atom. The normalized spacial score (nSPS) is 10.7. The number of rotatable bonds is 4. The third kappa shape index (κ3) is 1.86. The van der Waals surface area contributed by atoms with Crippen LogP contribution >= 0.6 is 0 Å². The Balaban J connectivity index is 3.07. The fourth-order valence-electron chi connectivity index (χ4n) is 1.18. The molecule has 2 heteroatoms. The van der Waals surface area contributed by atoms with Crippen molar-refractivity contribution in [3.05, 3.63) is 55.1 Å². The van der Waals surface area contributed by atoms with E-state index >= 15 is 0 Å². The zero-order chi connectivity index (χ0) is 10.6. The summed E-state index contributed by atoms with van der Waals surface area (Å²) in [7, 11) is 1.60. The van der Waals surface area contributed by atoms with Crippen LogP contribution in [0.15, 0.2) is 49.6 Å². The minimum absolute atomic E-state index is 0.725.